The van der Waals surface area contributed by atoms with Gasteiger partial charge in [0.25, 0.3) is 11.4 Å². The number of hydrogen-bond donors (Lipinski definition) is 0. The van der Waals surface area contributed by atoms with Crippen LogP contribution >= 0.6 is 0 Å². The zero-order valence-electron chi connectivity index (χ0n) is 18.8. The number of nitrogens with zero attached hydrogens (tertiary/aromatic N) is 2. The molecule has 0 radical (unpaired) electrons. The predicted molar refractivity (Wildman–Crippen MR) is 121 cm³/mol. The minimum atomic E-state index is -0.943. The first-order valence-corrected chi connectivity index (χ1v) is 11.2. The molecule has 1 aliphatic rings. The number of carbonyl (C=O) groups excluding carboxylic acids is 1. The highest BCUT2D eigenvalue weighted by Gasteiger charge is 2.24. The van der Waals surface area contributed by atoms with E-state index in [-0.39, 0.29) is 5.56 Å². The van der Waals surface area contributed by atoms with Crippen LogP contribution in [0.4, 0.5) is 11.4 Å². The third kappa shape index (κ3) is 6.27. The van der Waals surface area contributed by atoms with Gasteiger partial charge in [0.2, 0.25) is 6.29 Å². The highest BCUT2D eigenvalue weighted by atomic mass is 16.7. The van der Waals surface area contributed by atoms with Gasteiger partial charge < -0.3 is 9.47 Å². The number of hydrogen-bond acceptors (Lipinski definition) is 7. The Bertz CT molecular complexity index is 966. The van der Waals surface area contributed by atoms with Crippen molar-refractivity contribution in [3.63, 3.8) is 0 Å². The van der Waals surface area contributed by atoms with Crippen molar-refractivity contribution >= 4 is 17.3 Å². The second kappa shape index (κ2) is 10.9. The first-order valence-electron chi connectivity index (χ1n) is 11.2. The Balaban J connectivity index is 1.65. The predicted octanol–water partition coefficient (Wildman–Crippen LogP) is 6.16. The van der Waals surface area contributed by atoms with Crippen LogP contribution < -0.4 is 4.74 Å². The number of non-ortho nitro benzene ring substituents is 2. The molecule has 0 saturated heterocycles. The average Bonchev–Trinajstić information content (AvgIpc) is 2.83. The number of ether oxygens (including phenoxy) is 2. The van der Waals surface area contributed by atoms with Gasteiger partial charge >= 0.3 is 5.97 Å². The maximum Gasteiger partial charge on any atom is 0.341 e. The molecule has 176 valence electrons. The van der Waals surface area contributed by atoms with Crippen molar-refractivity contribution < 1.29 is 24.1 Å². The van der Waals surface area contributed by atoms with E-state index in [1.165, 1.54) is 37.7 Å². The van der Waals surface area contributed by atoms with Gasteiger partial charge in [0, 0.05) is 18.6 Å². The van der Waals surface area contributed by atoms with Crippen molar-refractivity contribution in [3.05, 3.63) is 73.8 Å². The van der Waals surface area contributed by atoms with Crippen LogP contribution in [0.3, 0.4) is 0 Å². The number of benzene rings is 2. The maximum atomic E-state index is 12.5. The fraction of sp³-hybridized carbons (Fsp3) is 0.458. The molecule has 0 aromatic heterocycles. The molecule has 3 rings (SSSR count). The summed E-state index contributed by atoms with van der Waals surface area (Å²) in [4.78, 5) is 33.0. The Labute approximate surface area is 192 Å². The Morgan fingerprint density at radius 1 is 0.970 bits per heavy atom. The van der Waals surface area contributed by atoms with Gasteiger partial charge in [0.15, 0.2) is 0 Å². The number of carbonyl (C=O) groups is 1. The minimum absolute atomic E-state index is 0.282. The van der Waals surface area contributed by atoms with E-state index >= 15 is 0 Å². The summed E-state index contributed by atoms with van der Waals surface area (Å²) in [7, 11) is 0. The molecule has 0 aliphatic heterocycles. The quantitative estimate of drug-likeness (QED) is 0.192. The van der Waals surface area contributed by atoms with Crippen molar-refractivity contribution in [2.24, 2.45) is 5.92 Å². The Hall–Kier alpha value is -3.49. The molecule has 1 aliphatic carbocycles. The number of esters is 1. The lowest BCUT2D eigenvalue weighted by atomic mass is 9.78. The van der Waals surface area contributed by atoms with Crippen LogP contribution in [0.25, 0.3) is 0 Å². The summed E-state index contributed by atoms with van der Waals surface area (Å²) in [5, 5.41) is 22.1. The van der Waals surface area contributed by atoms with Gasteiger partial charge in [-0.25, -0.2) is 4.79 Å². The highest BCUT2D eigenvalue weighted by Crippen LogP contribution is 2.37. The molecule has 9 nitrogen and oxygen atoms in total. The largest absolute Gasteiger partial charge is 0.455 e. The van der Waals surface area contributed by atoms with Crippen LogP contribution in [0.15, 0.2) is 42.5 Å². The monoisotopic (exact) mass is 456 g/mol. The fourth-order valence-corrected chi connectivity index (χ4v) is 4.18. The minimum Gasteiger partial charge on any atom is -0.455 e. The van der Waals surface area contributed by atoms with Crippen LogP contribution in [0.1, 0.15) is 74.2 Å². The first kappa shape index (κ1) is 24.2. The lowest BCUT2D eigenvalue weighted by Gasteiger charge is -2.28. The van der Waals surface area contributed by atoms with E-state index in [9.17, 15) is 25.0 Å². The zero-order chi connectivity index (χ0) is 24.0. The third-order valence-corrected chi connectivity index (χ3v) is 6.17. The van der Waals surface area contributed by atoms with Gasteiger partial charge in [0.05, 0.1) is 21.5 Å². The molecular formula is C24H28N2O7. The van der Waals surface area contributed by atoms with Crippen molar-refractivity contribution in [1.82, 2.24) is 0 Å². The Morgan fingerprint density at radius 3 is 2.03 bits per heavy atom. The molecule has 0 amide bonds. The van der Waals surface area contributed by atoms with Gasteiger partial charge in [-0.15, -0.1) is 0 Å². The molecular weight excluding hydrogens is 428 g/mol. The van der Waals surface area contributed by atoms with E-state index in [0.717, 1.165) is 24.1 Å². The number of nitro benzene ring substituents is 2. The summed E-state index contributed by atoms with van der Waals surface area (Å²) in [6.45, 7) is 4.00. The fourth-order valence-electron chi connectivity index (χ4n) is 4.18. The Kier molecular flexibility index (Phi) is 7.97. The van der Waals surface area contributed by atoms with Gasteiger partial charge in [-0.3, -0.25) is 20.2 Å². The molecule has 0 spiro atoms. The lowest BCUT2D eigenvalue weighted by molar-refractivity contribution is -0.394. The number of nitro groups is 2. The van der Waals surface area contributed by atoms with E-state index in [1.807, 2.05) is 24.3 Å². The van der Waals surface area contributed by atoms with Crippen LogP contribution in [-0.4, -0.2) is 22.1 Å². The highest BCUT2D eigenvalue weighted by molar-refractivity contribution is 5.91. The van der Waals surface area contributed by atoms with Crippen LogP contribution in [0.5, 0.6) is 5.75 Å². The Morgan fingerprint density at radius 2 is 1.55 bits per heavy atom. The molecule has 1 atom stereocenters. The zero-order valence-corrected chi connectivity index (χ0v) is 18.8. The van der Waals surface area contributed by atoms with Gasteiger partial charge in [-0.2, -0.15) is 0 Å². The van der Waals surface area contributed by atoms with Crippen molar-refractivity contribution in [2.45, 2.75) is 64.6 Å². The van der Waals surface area contributed by atoms with E-state index in [0.29, 0.717) is 18.1 Å². The van der Waals surface area contributed by atoms with E-state index in [1.54, 1.807) is 6.92 Å². The second-order valence-corrected chi connectivity index (χ2v) is 8.31. The van der Waals surface area contributed by atoms with Gasteiger partial charge in [-0.1, -0.05) is 32.4 Å². The molecule has 9 heteroatoms. The number of rotatable bonds is 9. The van der Waals surface area contributed by atoms with Crippen LogP contribution in [0.2, 0.25) is 0 Å². The summed E-state index contributed by atoms with van der Waals surface area (Å²) in [6, 6.07) is 10.4. The molecule has 1 unspecified atom stereocenters. The lowest BCUT2D eigenvalue weighted by Crippen LogP contribution is -2.23. The summed E-state index contributed by atoms with van der Waals surface area (Å²) in [6.07, 6.45) is 5.49. The summed E-state index contributed by atoms with van der Waals surface area (Å²) in [5.74, 6) is 0.978. The first-order chi connectivity index (χ1) is 15.8. The van der Waals surface area contributed by atoms with Crippen LogP contribution in [-0.2, 0) is 4.74 Å². The summed E-state index contributed by atoms with van der Waals surface area (Å²) >= 11 is 0. The topological polar surface area (TPSA) is 122 Å². The molecule has 1 saturated carbocycles. The van der Waals surface area contributed by atoms with Crippen LogP contribution in [0, 0.1) is 26.1 Å². The third-order valence-electron chi connectivity index (χ3n) is 6.17. The standard InChI is InChI=1S/C24H28N2O7/c1-3-16-5-7-17(8-6-16)18-9-11-22(12-10-18)32-23(4-2)33-24(27)19-13-20(25(28)29)15-21(14-19)26(30)31/h9-17,23H,3-8H2,1-2H3. The molecule has 1 fully saturated rings. The summed E-state index contributed by atoms with van der Waals surface area (Å²) in [5.41, 5.74) is -0.135. The van der Waals surface area contributed by atoms with Gasteiger partial charge in [-0.05, 0) is 55.2 Å². The van der Waals surface area contributed by atoms with E-state index < -0.39 is 33.5 Å². The molecule has 0 heterocycles. The molecule has 0 N–H and O–H groups in total. The molecule has 0 bridgehead atoms. The van der Waals surface area contributed by atoms with Crippen molar-refractivity contribution in [3.8, 4) is 5.75 Å². The van der Waals surface area contributed by atoms with E-state index in [2.05, 4.69) is 6.92 Å². The molecule has 33 heavy (non-hydrogen) atoms. The molecule has 2 aromatic carbocycles. The summed E-state index contributed by atoms with van der Waals surface area (Å²) < 4.78 is 11.1. The van der Waals surface area contributed by atoms with E-state index in [4.69, 9.17) is 9.47 Å². The smallest absolute Gasteiger partial charge is 0.341 e. The van der Waals surface area contributed by atoms with Gasteiger partial charge in [0.1, 0.15) is 5.75 Å². The average molecular weight is 456 g/mol. The molecule has 2 aromatic rings. The van der Waals surface area contributed by atoms with Crippen molar-refractivity contribution in [2.75, 3.05) is 0 Å². The van der Waals surface area contributed by atoms with Crippen molar-refractivity contribution in [1.29, 1.82) is 0 Å². The maximum absolute atomic E-state index is 12.5. The second-order valence-electron chi connectivity index (χ2n) is 8.31. The SMILES string of the molecule is CCC1CCC(c2ccc(OC(CC)OC(=O)c3cc([N+](=O)[O-])cc([N+](=O)[O-])c3)cc2)CC1. The normalized spacial score (nSPS) is 18.8.